The number of methoxy groups -OCH3 is 1. The van der Waals surface area contributed by atoms with Gasteiger partial charge in [-0.1, -0.05) is 0 Å². The standard InChI is InChI=1S/C11H21NO7/c1-12(2)5-7(14)8(15)9-6(13)4-11(18-3,19-9)10(16)17/h6-9,13-15H,4-5H2,1-3H3,(H,16,17)/t6-,7-,8-,9-,11?/m1/s1. The molecule has 8 nitrogen and oxygen atoms in total. The molecule has 5 atom stereocenters. The predicted octanol–water partition coefficient (Wildman–Crippen LogP) is -2.15. The fourth-order valence-electron chi connectivity index (χ4n) is 2.09. The molecular formula is C11H21NO7. The number of aliphatic carboxylic acids is 1. The normalized spacial score (nSPS) is 34.5. The molecule has 1 aliphatic rings. The van der Waals surface area contributed by atoms with E-state index in [2.05, 4.69) is 0 Å². The van der Waals surface area contributed by atoms with Crippen LogP contribution in [0.3, 0.4) is 0 Å². The highest BCUT2D eigenvalue weighted by Gasteiger charge is 2.55. The van der Waals surface area contributed by atoms with Crippen molar-refractivity contribution in [2.45, 2.75) is 36.6 Å². The Labute approximate surface area is 111 Å². The first-order valence-corrected chi connectivity index (χ1v) is 5.89. The van der Waals surface area contributed by atoms with Crippen molar-refractivity contribution in [2.24, 2.45) is 0 Å². The minimum Gasteiger partial charge on any atom is -0.477 e. The van der Waals surface area contributed by atoms with Gasteiger partial charge in [-0.05, 0) is 14.1 Å². The lowest BCUT2D eigenvalue weighted by molar-refractivity contribution is -0.240. The van der Waals surface area contributed by atoms with Crippen LogP contribution in [0.2, 0.25) is 0 Å². The molecule has 0 radical (unpaired) electrons. The van der Waals surface area contributed by atoms with E-state index in [-0.39, 0.29) is 13.0 Å². The lowest BCUT2D eigenvalue weighted by Crippen LogP contribution is -2.48. The molecule has 0 aromatic heterocycles. The average molecular weight is 279 g/mol. The molecular weight excluding hydrogens is 258 g/mol. The summed E-state index contributed by atoms with van der Waals surface area (Å²) in [6.07, 6.45) is -5.34. The first-order valence-electron chi connectivity index (χ1n) is 5.89. The van der Waals surface area contributed by atoms with Gasteiger partial charge >= 0.3 is 5.97 Å². The number of carboxylic acid groups (broad SMARTS) is 1. The number of carboxylic acids is 1. The Morgan fingerprint density at radius 2 is 2.11 bits per heavy atom. The number of ether oxygens (including phenoxy) is 2. The van der Waals surface area contributed by atoms with Crippen LogP contribution in [-0.4, -0.2) is 89.2 Å². The van der Waals surface area contributed by atoms with Crippen LogP contribution in [0.1, 0.15) is 6.42 Å². The Bertz CT molecular complexity index is 324. The van der Waals surface area contributed by atoms with Crippen molar-refractivity contribution in [1.82, 2.24) is 4.90 Å². The Morgan fingerprint density at radius 1 is 1.53 bits per heavy atom. The highest BCUT2D eigenvalue weighted by Crippen LogP contribution is 2.34. The highest BCUT2D eigenvalue weighted by atomic mass is 16.7. The van der Waals surface area contributed by atoms with E-state index in [1.54, 1.807) is 19.0 Å². The van der Waals surface area contributed by atoms with E-state index in [0.717, 1.165) is 7.11 Å². The molecule has 1 fully saturated rings. The van der Waals surface area contributed by atoms with E-state index >= 15 is 0 Å². The number of hydrogen-bond donors (Lipinski definition) is 4. The maximum atomic E-state index is 11.1. The molecule has 0 bridgehead atoms. The molecule has 0 aromatic rings. The highest BCUT2D eigenvalue weighted by molar-refractivity contribution is 5.76. The zero-order valence-corrected chi connectivity index (χ0v) is 11.2. The van der Waals surface area contributed by atoms with Gasteiger partial charge in [-0.2, -0.15) is 0 Å². The molecule has 19 heavy (non-hydrogen) atoms. The van der Waals surface area contributed by atoms with E-state index in [1.165, 1.54) is 0 Å². The van der Waals surface area contributed by atoms with Crippen LogP contribution in [0.5, 0.6) is 0 Å². The van der Waals surface area contributed by atoms with Crippen LogP contribution in [0.15, 0.2) is 0 Å². The number of aliphatic hydroxyl groups excluding tert-OH is 3. The molecule has 0 aromatic carbocycles. The first-order chi connectivity index (χ1) is 8.73. The number of aliphatic hydroxyl groups is 3. The molecule has 4 N–H and O–H groups in total. The largest absolute Gasteiger partial charge is 0.477 e. The van der Waals surface area contributed by atoms with Crippen molar-refractivity contribution in [2.75, 3.05) is 27.7 Å². The molecule has 1 aliphatic heterocycles. The molecule has 0 spiro atoms. The molecule has 1 rings (SSSR count). The molecule has 0 amide bonds. The van der Waals surface area contributed by atoms with Gasteiger partial charge in [0.05, 0.1) is 12.2 Å². The summed E-state index contributed by atoms with van der Waals surface area (Å²) >= 11 is 0. The SMILES string of the molecule is COC1(C(=O)O)C[C@@H](O)[C@H]([C@H](O)[C@H](O)CN(C)C)O1. The van der Waals surface area contributed by atoms with Gasteiger partial charge in [-0.15, -0.1) is 0 Å². The molecule has 0 aliphatic carbocycles. The lowest BCUT2D eigenvalue weighted by atomic mass is 10.0. The van der Waals surface area contributed by atoms with Gasteiger partial charge in [0.15, 0.2) is 0 Å². The average Bonchev–Trinajstić information content (AvgIpc) is 2.66. The van der Waals surface area contributed by atoms with E-state index in [1.807, 2.05) is 0 Å². The number of carbonyl (C=O) groups is 1. The third-order valence-corrected chi connectivity index (χ3v) is 3.12. The summed E-state index contributed by atoms with van der Waals surface area (Å²) in [6, 6.07) is 0. The molecule has 1 saturated heterocycles. The van der Waals surface area contributed by atoms with Crippen LogP contribution in [0.4, 0.5) is 0 Å². The fourth-order valence-corrected chi connectivity index (χ4v) is 2.09. The Morgan fingerprint density at radius 3 is 2.47 bits per heavy atom. The first kappa shape index (κ1) is 16.3. The van der Waals surface area contributed by atoms with Gasteiger partial charge in [0.1, 0.15) is 12.2 Å². The van der Waals surface area contributed by atoms with E-state index in [9.17, 15) is 20.1 Å². The van der Waals surface area contributed by atoms with E-state index in [0.29, 0.717) is 0 Å². The smallest absolute Gasteiger partial charge is 0.364 e. The maximum absolute atomic E-state index is 11.1. The second kappa shape index (κ2) is 6.12. The van der Waals surface area contributed by atoms with Crippen LogP contribution in [-0.2, 0) is 14.3 Å². The number of hydrogen-bond acceptors (Lipinski definition) is 7. The number of rotatable bonds is 6. The van der Waals surface area contributed by atoms with Crippen LogP contribution in [0, 0.1) is 0 Å². The summed E-state index contributed by atoms with van der Waals surface area (Å²) in [5, 5.41) is 38.6. The van der Waals surface area contributed by atoms with Gasteiger partial charge in [0, 0.05) is 20.1 Å². The van der Waals surface area contributed by atoms with E-state index < -0.39 is 36.2 Å². The minimum absolute atomic E-state index is 0.154. The third kappa shape index (κ3) is 3.41. The fraction of sp³-hybridized carbons (Fsp3) is 0.909. The quantitative estimate of drug-likeness (QED) is 0.434. The van der Waals surface area contributed by atoms with Crippen LogP contribution >= 0.6 is 0 Å². The van der Waals surface area contributed by atoms with Crippen molar-refractivity contribution in [3.63, 3.8) is 0 Å². The summed E-state index contributed by atoms with van der Waals surface area (Å²) in [4.78, 5) is 12.8. The Kier molecular flexibility index (Phi) is 5.25. The van der Waals surface area contributed by atoms with Crippen molar-refractivity contribution < 1.29 is 34.7 Å². The molecule has 8 heteroatoms. The number of nitrogens with zero attached hydrogens (tertiary/aromatic N) is 1. The summed E-state index contributed by atoms with van der Waals surface area (Å²) < 4.78 is 9.92. The number of likely N-dealkylation sites (N-methyl/N-ethyl adjacent to an activating group) is 1. The van der Waals surface area contributed by atoms with Crippen LogP contribution in [0.25, 0.3) is 0 Å². The summed E-state index contributed by atoms with van der Waals surface area (Å²) in [5.41, 5.74) is 0. The second-order valence-corrected chi connectivity index (χ2v) is 4.94. The molecule has 1 heterocycles. The van der Waals surface area contributed by atoms with E-state index in [4.69, 9.17) is 14.6 Å². The zero-order chi connectivity index (χ0) is 14.8. The van der Waals surface area contributed by atoms with Gasteiger partial charge in [-0.3, -0.25) is 0 Å². The molecule has 112 valence electrons. The van der Waals surface area contributed by atoms with Crippen molar-refractivity contribution in [1.29, 1.82) is 0 Å². The predicted molar refractivity (Wildman–Crippen MR) is 63.4 cm³/mol. The van der Waals surface area contributed by atoms with Gasteiger partial charge in [0.25, 0.3) is 5.79 Å². The maximum Gasteiger partial charge on any atom is 0.364 e. The topological polar surface area (TPSA) is 120 Å². The zero-order valence-electron chi connectivity index (χ0n) is 11.2. The Balaban J connectivity index is 2.77. The minimum atomic E-state index is -1.98. The van der Waals surface area contributed by atoms with Crippen molar-refractivity contribution in [3.05, 3.63) is 0 Å². The summed E-state index contributed by atoms with van der Waals surface area (Å²) in [5.74, 6) is -3.37. The second-order valence-electron chi connectivity index (χ2n) is 4.94. The summed E-state index contributed by atoms with van der Waals surface area (Å²) in [7, 11) is 4.56. The molecule has 1 unspecified atom stereocenters. The van der Waals surface area contributed by atoms with Crippen molar-refractivity contribution in [3.8, 4) is 0 Å². The summed E-state index contributed by atoms with van der Waals surface area (Å²) in [6.45, 7) is 0.154. The van der Waals surface area contributed by atoms with Crippen molar-refractivity contribution >= 4 is 5.97 Å². The third-order valence-electron chi connectivity index (χ3n) is 3.12. The Hall–Kier alpha value is -0.770. The lowest BCUT2D eigenvalue weighted by Gasteiger charge is -2.28. The van der Waals surface area contributed by atoms with Gasteiger partial charge in [-0.25, -0.2) is 4.79 Å². The molecule has 0 saturated carbocycles. The monoisotopic (exact) mass is 279 g/mol. The van der Waals surface area contributed by atoms with Gasteiger partial charge < -0.3 is 34.8 Å². The van der Waals surface area contributed by atoms with Crippen LogP contribution < -0.4 is 0 Å². The van der Waals surface area contributed by atoms with Gasteiger partial charge in [0.2, 0.25) is 0 Å².